The summed E-state index contributed by atoms with van der Waals surface area (Å²) >= 11 is 5.79. The van der Waals surface area contributed by atoms with Gasteiger partial charge in [-0.05, 0) is 30.3 Å². The third kappa shape index (κ3) is 4.35. The molecule has 0 saturated heterocycles. The molecule has 7 heteroatoms. The van der Waals surface area contributed by atoms with Gasteiger partial charge in [-0.25, -0.2) is 13.1 Å². The topological polar surface area (TPSA) is 81.4 Å². The Balaban J connectivity index is 1.94. The number of hydrogen-bond donors (Lipinski definition) is 2. The average Bonchev–Trinajstić information content (AvgIpc) is 2.47. The Morgan fingerprint density at radius 1 is 1.14 bits per heavy atom. The molecule has 0 saturated carbocycles. The lowest BCUT2D eigenvalue weighted by Crippen LogP contribution is -2.28. The Kier molecular flexibility index (Phi) is 5.06. The number of nitrogens with one attached hydrogen (secondary N) is 1. The maximum absolute atomic E-state index is 12.1. The molecule has 2 aromatic rings. The molecule has 0 aliphatic carbocycles. The van der Waals surface area contributed by atoms with E-state index in [1.165, 1.54) is 18.2 Å². The van der Waals surface area contributed by atoms with Crippen LogP contribution in [0, 0.1) is 0 Å². The Labute approximate surface area is 128 Å². The van der Waals surface area contributed by atoms with Crippen molar-refractivity contribution in [2.45, 2.75) is 4.90 Å². The van der Waals surface area contributed by atoms with Crippen molar-refractivity contribution >= 4 is 27.3 Å². The van der Waals surface area contributed by atoms with Crippen LogP contribution in [0.25, 0.3) is 0 Å². The minimum atomic E-state index is -3.71. The number of nitrogen functional groups attached to an aromatic ring is 1. The van der Waals surface area contributed by atoms with Gasteiger partial charge in [-0.3, -0.25) is 0 Å². The molecule has 0 heterocycles. The SMILES string of the molecule is Nc1ccc(Cl)cc1S(=O)(=O)NCCOc1ccccc1. The van der Waals surface area contributed by atoms with E-state index >= 15 is 0 Å². The standard InChI is InChI=1S/C14H15ClN2O3S/c15-11-6-7-13(16)14(10-11)21(18,19)17-8-9-20-12-4-2-1-3-5-12/h1-7,10,17H,8-9,16H2. The molecule has 0 radical (unpaired) electrons. The molecule has 0 amide bonds. The summed E-state index contributed by atoms with van der Waals surface area (Å²) in [6, 6.07) is 13.5. The van der Waals surface area contributed by atoms with Crippen LogP contribution >= 0.6 is 11.6 Å². The van der Waals surface area contributed by atoms with Crippen LogP contribution in [0.3, 0.4) is 0 Å². The lowest BCUT2D eigenvalue weighted by molar-refractivity contribution is 0.323. The van der Waals surface area contributed by atoms with Gasteiger partial charge in [0, 0.05) is 11.6 Å². The van der Waals surface area contributed by atoms with Crippen molar-refractivity contribution in [3.05, 3.63) is 53.6 Å². The molecule has 0 fully saturated rings. The minimum Gasteiger partial charge on any atom is -0.492 e. The highest BCUT2D eigenvalue weighted by Gasteiger charge is 2.17. The molecule has 112 valence electrons. The van der Waals surface area contributed by atoms with Crippen LogP contribution in [0.5, 0.6) is 5.75 Å². The quantitative estimate of drug-likeness (QED) is 0.630. The fraction of sp³-hybridized carbons (Fsp3) is 0.143. The predicted molar refractivity (Wildman–Crippen MR) is 83.0 cm³/mol. The summed E-state index contributed by atoms with van der Waals surface area (Å²) < 4.78 is 32.1. The van der Waals surface area contributed by atoms with Crippen molar-refractivity contribution in [1.29, 1.82) is 0 Å². The molecule has 3 N–H and O–H groups in total. The lowest BCUT2D eigenvalue weighted by Gasteiger charge is -2.10. The van der Waals surface area contributed by atoms with E-state index in [0.29, 0.717) is 10.8 Å². The van der Waals surface area contributed by atoms with Gasteiger partial charge in [-0.15, -0.1) is 0 Å². The Morgan fingerprint density at radius 2 is 1.86 bits per heavy atom. The molecule has 5 nitrogen and oxygen atoms in total. The number of nitrogens with two attached hydrogens (primary N) is 1. The second kappa shape index (κ2) is 6.80. The van der Waals surface area contributed by atoms with Crippen molar-refractivity contribution in [3.8, 4) is 5.75 Å². The van der Waals surface area contributed by atoms with Crippen LogP contribution < -0.4 is 15.2 Å². The third-order valence-electron chi connectivity index (χ3n) is 2.67. The molecule has 2 aromatic carbocycles. The van der Waals surface area contributed by atoms with Gasteiger partial charge in [0.1, 0.15) is 17.3 Å². The van der Waals surface area contributed by atoms with E-state index < -0.39 is 10.0 Å². The summed E-state index contributed by atoms with van der Waals surface area (Å²) in [7, 11) is -3.71. The molecular weight excluding hydrogens is 312 g/mol. The van der Waals surface area contributed by atoms with Crippen LogP contribution in [0.2, 0.25) is 5.02 Å². The number of hydrogen-bond acceptors (Lipinski definition) is 4. The summed E-state index contributed by atoms with van der Waals surface area (Å²) in [6.07, 6.45) is 0. The van der Waals surface area contributed by atoms with E-state index in [1.807, 2.05) is 18.2 Å². The predicted octanol–water partition coefficient (Wildman–Crippen LogP) is 2.28. The van der Waals surface area contributed by atoms with Gasteiger partial charge in [0.25, 0.3) is 0 Å². The van der Waals surface area contributed by atoms with Crippen LogP contribution in [0.1, 0.15) is 0 Å². The molecule has 21 heavy (non-hydrogen) atoms. The Hall–Kier alpha value is -1.76. The van der Waals surface area contributed by atoms with Gasteiger partial charge in [-0.1, -0.05) is 29.8 Å². The highest BCUT2D eigenvalue weighted by atomic mass is 35.5. The van der Waals surface area contributed by atoms with Crippen molar-refractivity contribution in [2.24, 2.45) is 0 Å². The maximum atomic E-state index is 12.1. The van der Waals surface area contributed by atoms with E-state index in [0.717, 1.165) is 0 Å². The molecule has 0 spiro atoms. The van der Waals surface area contributed by atoms with Gasteiger partial charge in [0.15, 0.2) is 0 Å². The summed E-state index contributed by atoms with van der Waals surface area (Å²) in [5.74, 6) is 0.680. The molecule has 0 bridgehead atoms. The largest absolute Gasteiger partial charge is 0.492 e. The first-order valence-corrected chi connectivity index (χ1v) is 8.08. The minimum absolute atomic E-state index is 0.0327. The number of sulfonamides is 1. The molecular formula is C14H15ClN2O3S. The first-order chi connectivity index (χ1) is 9.99. The van der Waals surface area contributed by atoms with Gasteiger partial charge < -0.3 is 10.5 Å². The average molecular weight is 327 g/mol. The summed E-state index contributed by atoms with van der Waals surface area (Å²) in [5, 5.41) is 0.310. The Morgan fingerprint density at radius 3 is 2.57 bits per heavy atom. The van der Waals surface area contributed by atoms with Gasteiger partial charge in [0.05, 0.1) is 5.69 Å². The highest BCUT2D eigenvalue weighted by molar-refractivity contribution is 7.89. The van der Waals surface area contributed by atoms with E-state index in [4.69, 9.17) is 22.1 Å². The molecule has 0 aliphatic rings. The van der Waals surface area contributed by atoms with Crippen LogP contribution in [0.15, 0.2) is 53.4 Å². The van der Waals surface area contributed by atoms with E-state index in [1.54, 1.807) is 12.1 Å². The second-order valence-corrected chi connectivity index (χ2v) is 6.41. The Bertz CT molecular complexity index is 705. The molecule has 0 unspecified atom stereocenters. The van der Waals surface area contributed by atoms with Crippen molar-refractivity contribution in [2.75, 3.05) is 18.9 Å². The zero-order chi connectivity index (χ0) is 15.3. The first kappa shape index (κ1) is 15.6. The number of para-hydroxylation sites is 1. The maximum Gasteiger partial charge on any atom is 0.242 e. The summed E-state index contributed by atoms with van der Waals surface area (Å²) in [4.78, 5) is -0.0327. The zero-order valence-corrected chi connectivity index (χ0v) is 12.7. The molecule has 0 atom stereocenters. The number of anilines is 1. The summed E-state index contributed by atoms with van der Waals surface area (Å²) in [6.45, 7) is 0.340. The number of ether oxygens (including phenoxy) is 1. The fourth-order valence-corrected chi connectivity index (χ4v) is 3.09. The molecule has 0 aromatic heterocycles. The first-order valence-electron chi connectivity index (χ1n) is 6.21. The van der Waals surface area contributed by atoms with E-state index in [9.17, 15) is 8.42 Å². The fourth-order valence-electron chi connectivity index (χ4n) is 1.68. The van der Waals surface area contributed by atoms with Gasteiger partial charge in [0.2, 0.25) is 10.0 Å². The van der Waals surface area contributed by atoms with Crippen LogP contribution in [-0.2, 0) is 10.0 Å². The highest BCUT2D eigenvalue weighted by Crippen LogP contribution is 2.22. The third-order valence-corrected chi connectivity index (χ3v) is 4.42. The van der Waals surface area contributed by atoms with E-state index in [2.05, 4.69) is 4.72 Å². The van der Waals surface area contributed by atoms with Crippen LogP contribution in [0.4, 0.5) is 5.69 Å². The number of halogens is 1. The zero-order valence-electron chi connectivity index (χ0n) is 11.1. The summed E-state index contributed by atoms with van der Waals surface area (Å²) in [5.41, 5.74) is 5.81. The molecule has 2 rings (SSSR count). The second-order valence-electron chi connectivity index (χ2n) is 4.24. The molecule has 0 aliphatic heterocycles. The normalized spacial score (nSPS) is 11.3. The number of benzene rings is 2. The van der Waals surface area contributed by atoms with Gasteiger partial charge >= 0.3 is 0 Å². The number of rotatable bonds is 6. The van der Waals surface area contributed by atoms with Crippen molar-refractivity contribution in [1.82, 2.24) is 4.72 Å². The van der Waals surface area contributed by atoms with Crippen molar-refractivity contribution < 1.29 is 13.2 Å². The monoisotopic (exact) mass is 326 g/mol. The smallest absolute Gasteiger partial charge is 0.242 e. The van der Waals surface area contributed by atoms with Crippen LogP contribution in [-0.4, -0.2) is 21.6 Å². The van der Waals surface area contributed by atoms with Gasteiger partial charge in [-0.2, -0.15) is 0 Å². The van der Waals surface area contributed by atoms with Crippen molar-refractivity contribution in [3.63, 3.8) is 0 Å². The lowest BCUT2D eigenvalue weighted by atomic mass is 10.3. The van der Waals surface area contributed by atoms with E-state index in [-0.39, 0.29) is 23.7 Å².